The predicted molar refractivity (Wildman–Crippen MR) is 302 cm³/mol. The number of amides is 1. The molecule has 0 aliphatic carbocycles. The van der Waals surface area contributed by atoms with E-state index in [9.17, 15) is 19.4 Å². The van der Waals surface area contributed by atoms with Crippen molar-refractivity contribution in [2.45, 2.75) is 257 Å². The van der Waals surface area contributed by atoms with Gasteiger partial charge in [0, 0.05) is 6.42 Å². The van der Waals surface area contributed by atoms with Crippen LogP contribution in [0.5, 0.6) is 0 Å². The summed E-state index contributed by atoms with van der Waals surface area (Å²) in [6.45, 7) is 4.49. The standard InChI is InChI=1S/C61H111N2O6P/c1-6-8-10-12-14-16-18-19-20-21-22-23-24-25-26-27-28-29-30-31-32-33-34-35-36-37-38-39-40-41-42-43-45-47-49-51-53-55-61(65)62-59(58-69-70(66,67)68-57-56-63(3,4)5)60(64)54-52-50-48-46-44-17-15-13-11-9-7-2/h8,10,14,16,19-20,22-23,25-26,44,46,52,54,59-60,64H,6-7,9,11-13,15,17-18,21,24,27-43,45,47-51,53,55-58H2,1-5H3,(H-,62,65,66,67)/b10-8-,16-14-,20-19-,23-22-,26-25-,46-44+,54-52+. The zero-order chi connectivity index (χ0) is 51.3. The van der Waals surface area contributed by atoms with Crippen LogP contribution in [0, 0.1) is 0 Å². The summed E-state index contributed by atoms with van der Waals surface area (Å²) in [5, 5.41) is 13.8. The maximum absolute atomic E-state index is 12.9. The Morgan fingerprint density at radius 1 is 0.514 bits per heavy atom. The zero-order valence-electron chi connectivity index (χ0n) is 46.2. The lowest BCUT2D eigenvalue weighted by molar-refractivity contribution is -0.870. The zero-order valence-corrected chi connectivity index (χ0v) is 47.1. The van der Waals surface area contributed by atoms with Gasteiger partial charge in [-0.2, -0.15) is 0 Å². The van der Waals surface area contributed by atoms with Crippen LogP contribution in [-0.4, -0.2) is 68.5 Å². The van der Waals surface area contributed by atoms with Gasteiger partial charge in [-0.25, -0.2) is 0 Å². The molecule has 0 aliphatic heterocycles. The topological polar surface area (TPSA) is 108 Å². The van der Waals surface area contributed by atoms with Gasteiger partial charge in [0.15, 0.2) is 0 Å². The number of aliphatic hydroxyl groups excluding tert-OH is 1. The molecule has 3 atom stereocenters. The molecule has 9 heteroatoms. The molecule has 406 valence electrons. The largest absolute Gasteiger partial charge is 0.756 e. The number of phosphoric acid groups is 1. The predicted octanol–water partition coefficient (Wildman–Crippen LogP) is 17.0. The van der Waals surface area contributed by atoms with E-state index >= 15 is 0 Å². The molecule has 0 saturated carbocycles. The van der Waals surface area contributed by atoms with Crippen LogP contribution in [0.2, 0.25) is 0 Å². The Balaban J connectivity index is 3.94. The summed E-state index contributed by atoms with van der Waals surface area (Å²) in [6.07, 6.45) is 72.6. The first kappa shape index (κ1) is 67.7. The molecule has 70 heavy (non-hydrogen) atoms. The number of aliphatic hydroxyl groups is 1. The maximum Gasteiger partial charge on any atom is 0.268 e. The minimum atomic E-state index is -4.60. The van der Waals surface area contributed by atoms with E-state index in [-0.39, 0.29) is 12.5 Å². The van der Waals surface area contributed by atoms with Crippen LogP contribution in [-0.2, 0) is 18.4 Å². The minimum Gasteiger partial charge on any atom is -0.756 e. The van der Waals surface area contributed by atoms with Gasteiger partial charge in [-0.3, -0.25) is 9.36 Å². The molecule has 0 aromatic rings. The second kappa shape index (κ2) is 51.6. The van der Waals surface area contributed by atoms with Crippen LogP contribution < -0.4 is 10.2 Å². The molecule has 3 unspecified atom stereocenters. The number of allylic oxidation sites excluding steroid dienone is 13. The number of unbranched alkanes of at least 4 members (excludes halogenated alkanes) is 27. The van der Waals surface area contributed by atoms with Crippen molar-refractivity contribution in [3.05, 3.63) is 85.1 Å². The molecule has 0 aliphatic rings. The van der Waals surface area contributed by atoms with E-state index in [1.165, 1.54) is 154 Å². The molecule has 2 N–H and O–H groups in total. The van der Waals surface area contributed by atoms with Crippen molar-refractivity contribution in [1.82, 2.24) is 5.32 Å². The lowest BCUT2D eigenvalue weighted by Gasteiger charge is -2.29. The average molecular weight is 1000 g/mol. The molecule has 1 amide bonds. The molecule has 0 rings (SSSR count). The summed E-state index contributed by atoms with van der Waals surface area (Å²) in [5.41, 5.74) is 0. The molecule has 0 radical (unpaired) electrons. The van der Waals surface area contributed by atoms with Crippen LogP contribution in [0.15, 0.2) is 85.1 Å². The lowest BCUT2D eigenvalue weighted by atomic mass is 10.0. The molecule has 8 nitrogen and oxygen atoms in total. The molecule has 0 aromatic carbocycles. The first-order chi connectivity index (χ1) is 34.0. The number of carbonyl (C=O) groups is 1. The Bertz CT molecular complexity index is 1410. The van der Waals surface area contributed by atoms with Crippen molar-refractivity contribution in [2.24, 2.45) is 0 Å². The second-order valence-corrected chi connectivity index (χ2v) is 22.0. The highest BCUT2D eigenvalue weighted by molar-refractivity contribution is 7.45. The third-order valence-electron chi connectivity index (χ3n) is 12.6. The lowest BCUT2D eigenvalue weighted by Crippen LogP contribution is -2.45. The van der Waals surface area contributed by atoms with E-state index < -0.39 is 26.6 Å². The Morgan fingerprint density at radius 2 is 0.886 bits per heavy atom. The van der Waals surface area contributed by atoms with E-state index in [0.717, 1.165) is 70.6 Å². The summed E-state index contributed by atoms with van der Waals surface area (Å²) in [7, 11) is 1.24. The molecule has 0 heterocycles. The summed E-state index contributed by atoms with van der Waals surface area (Å²) in [4.78, 5) is 25.4. The first-order valence-corrected chi connectivity index (χ1v) is 30.4. The third kappa shape index (κ3) is 53.5. The maximum atomic E-state index is 12.9. The van der Waals surface area contributed by atoms with Gasteiger partial charge in [0.05, 0.1) is 39.9 Å². The van der Waals surface area contributed by atoms with Crippen LogP contribution in [0.1, 0.15) is 245 Å². The number of likely N-dealkylation sites (N-methyl/N-ethyl adjacent to an activating group) is 1. The minimum absolute atomic E-state index is 0.00768. The van der Waals surface area contributed by atoms with Gasteiger partial charge >= 0.3 is 0 Å². The van der Waals surface area contributed by atoms with E-state index in [4.69, 9.17) is 9.05 Å². The smallest absolute Gasteiger partial charge is 0.268 e. The van der Waals surface area contributed by atoms with E-state index in [0.29, 0.717) is 17.4 Å². The summed E-state index contributed by atoms with van der Waals surface area (Å²) in [6, 6.07) is -0.903. The molecule has 0 fully saturated rings. The Labute approximate surface area is 433 Å². The number of nitrogens with zero attached hydrogens (tertiary/aromatic N) is 1. The second-order valence-electron chi connectivity index (χ2n) is 20.6. The van der Waals surface area contributed by atoms with Crippen molar-refractivity contribution in [1.29, 1.82) is 0 Å². The Hall–Kier alpha value is -2.32. The number of nitrogens with one attached hydrogen (secondary N) is 1. The quantitative estimate of drug-likeness (QED) is 0.0272. The van der Waals surface area contributed by atoms with Crippen LogP contribution in [0.4, 0.5) is 0 Å². The number of phosphoric ester groups is 1. The van der Waals surface area contributed by atoms with Gasteiger partial charge in [-0.15, -0.1) is 0 Å². The highest BCUT2D eigenvalue weighted by atomic mass is 31.2. The van der Waals surface area contributed by atoms with Crippen LogP contribution in [0.3, 0.4) is 0 Å². The van der Waals surface area contributed by atoms with Crippen molar-refractivity contribution in [3.63, 3.8) is 0 Å². The van der Waals surface area contributed by atoms with Crippen LogP contribution >= 0.6 is 7.82 Å². The summed E-state index contributed by atoms with van der Waals surface area (Å²) in [5.74, 6) is -0.208. The molecule has 0 bridgehead atoms. The fraction of sp³-hybridized carbons (Fsp3) is 0.754. The molecule has 0 spiro atoms. The molecular weight excluding hydrogens is 888 g/mol. The average Bonchev–Trinajstić information content (AvgIpc) is 3.32. The van der Waals surface area contributed by atoms with Gasteiger partial charge in [-0.1, -0.05) is 247 Å². The van der Waals surface area contributed by atoms with Crippen molar-refractivity contribution in [3.8, 4) is 0 Å². The number of hydrogen-bond acceptors (Lipinski definition) is 6. The fourth-order valence-electron chi connectivity index (χ4n) is 8.08. The number of quaternary nitrogens is 1. The number of carbonyl (C=O) groups excluding carboxylic acids is 1. The van der Waals surface area contributed by atoms with E-state index in [1.54, 1.807) is 6.08 Å². The SMILES string of the molecule is CC/C=C\C/C=C\C/C=C\C/C=C\C/C=C\CCCCCCCCCCCCCCCCCCCCCCCC(=O)NC(COP(=O)([O-])OCC[N+](C)(C)C)C(O)/C=C/CC/C=C/CCCCCCC. The highest BCUT2D eigenvalue weighted by Gasteiger charge is 2.23. The van der Waals surface area contributed by atoms with Gasteiger partial charge in [0.25, 0.3) is 7.82 Å². The molecule has 0 aromatic heterocycles. The number of rotatable bonds is 52. The van der Waals surface area contributed by atoms with E-state index in [1.807, 2.05) is 27.2 Å². The van der Waals surface area contributed by atoms with Gasteiger partial charge < -0.3 is 28.8 Å². The van der Waals surface area contributed by atoms with Crippen molar-refractivity contribution in [2.75, 3.05) is 40.9 Å². The fourth-order valence-corrected chi connectivity index (χ4v) is 8.80. The molecular formula is C61H111N2O6P. The van der Waals surface area contributed by atoms with E-state index in [2.05, 4.69) is 92.1 Å². The summed E-state index contributed by atoms with van der Waals surface area (Å²) >= 11 is 0. The highest BCUT2D eigenvalue weighted by Crippen LogP contribution is 2.38. The third-order valence-corrected chi connectivity index (χ3v) is 13.6. The number of hydrogen-bond donors (Lipinski definition) is 2. The summed E-state index contributed by atoms with van der Waals surface area (Å²) < 4.78 is 23.2. The Kier molecular flexibility index (Phi) is 49.9. The molecule has 0 saturated heterocycles. The first-order valence-electron chi connectivity index (χ1n) is 28.9. The van der Waals surface area contributed by atoms with Gasteiger partial charge in [0.2, 0.25) is 5.91 Å². The Morgan fingerprint density at radius 3 is 1.33 bits per heavy atom. The van der Waals surface area contributed by atoms with Crippen LogP contribution in [0.25, 0.3) is 0 Å². The van der Waals surface area contributed by atoms with Gasteiger partial charge in [0.1, 0.15) is 13.2 Å². The van der Waals surface area contributed by atoms with Crippen molar-refractivity contribution >= 4 is 13.7 Å². The van der Waals surface area contributed by atoms with Crippen molar-refractivity contribution < 1.29 is 32.9 Å². The van der Waals surface area contributed by atoms with Gasteiger partial charge in [-0.05, 0) is 77.0 Å². The monoisotopic (exact) mass is 999 g/mol. The normalized spacial score (nSPS) is 14.6.